The van der Waals surface area contributed by atoms with Crippen LogP contribution in [-0.4, -0.2) is 47.7 Å². The third-order valence-electron chi connectivity index (χ3n) is 3.65. The van der Waals surface area contributed by atoms with Gasteiger partial charge in [0.25, 0.3) is 0 Å². The van der Waals surface area contributed by atoms with Gasteiger partial charge in [-0.1, -0.05) is 11.8 Å². The first-order chi connectivity index (χ1) is 13.5. The summed E-state index contributed by atoms with van der Waals surface area (Å²) >= 11 is 0.975. The summed E-state index contributed by atoms with van der Waals surface area (Å²) in [7, 11) is 1.20. The Bertz CT molecular complexity index is 1070. The zero-order valence-electron chi connectivity index (χ0n) is 15.3. The van der Waals surface area contributed by atoms with Gasteiger partial charge in [-0.3, -0.25) is 4.79 Å². The second-order valence-corrected chi connectivity index (χ2v) is 7.78. The molecule has 14 heteroatoms. The fraction of sp³-hybridized carbons (Fsp3) is 0.333. The predicted octanol–water partition coefficient (Wildman–Crippen LogP) is 2.26. The van der Waals surface area contributed by atoms with Gasteiger partial charge in [-0.15, -0.1) is 0 Å². The minimum Gasteiger partial charge on any atom is -0.467 e. The van der Waals surface area contributed by atoms with E-state index in [4.69, 9.17) is 10.5 Å². The number of nitrogens with one attached hydrogen (secondary N) is 2. The van der Waals surface area contributed by atoms with E-state index in [0.717, 1.165) is 11.8 Å². The molecule has 4 N–H and O–H groups in total. The van der Waals surface area contributed by atoms with E-state index in [1.165, 1.54) is 27.3 Å². The van der Waals surface area contributed by atoms with Gasteiger partial charge in [0.1, 0.15) is 16.1 Å². The molecule has 0 spiro atoms. The van der Waals surface area contributed by atoms with Crippen LogP contribution in [0.1, 0.15) is 19.4 Å². The maximum absolute atomic E-state index is 13.2. The number of aromatic amines is 1. The van der Waals surface area contributed by atoms with Crippen molar-refractivity contribution in [3.8, 4) is 6.01 Å². The number of amides is 1. The van der Waals surface area contributed by atoms with Crippen molar-refractivity contribution in [1.29, 1.82) is 0 Å². The van der Waals surface area contributed by atoms with Crippen LogP contribution in [0, 0.1) is 0 Å². The molecule has 10 nitrogen and oxygen atoms in total. The Kier molecular flexibility index (Phi) is 5.21. The Morgan fingerprint density at radius 1 is 1.24 bits per heavy atom. The van der Waals surface area contributed by atoms with Gasteiger partial charge in [0.05, 0.1) is 18.2 Å². The quantitative estimate of drug-likeness (QED) is 0.411. The number of imidazole rings is 1. The number of alkyl halides is 3. The van der Waals surface area contributed by atoms with Gasteiger partial charge in [-0.2, -0.15) is 23.1 Å². The highest BCUT2D eigenvalue weighted by molar-refractivity contribution is 8.01. The maximum atomic E-state index is 13.2. The second kappa shape index (κ2) is 7.35. The average Bonchev–Trinajstić information content (AvgIpc) is 3.08. The smallest absolute Gasteiger partial charge is 0.421 e. The summed E-state index contributed by atoms with van der Waals surface area (Å²) in [6, 6.07) is -0.318. The van der Waals surface area contributed by atoms with Crippen molar-refractivity contribution < 1.29 is 22.7 Å². The van der Waals surface area contributed by atoms with Crippen LogP contribution in [0.2, 0.25) is 0 Å². The lowest BCUT2D eigenvalue weighted by atomic mass is 10.2. The van der Waals surface area contributed by atoms with E-state index >= 15 is 0 Å². The molecule has 0 atom stereocenters. The van der Waals surface area contributed by atoms with Gasteiger partial charge in [0.2, 0.25) is 11.9 Å². The van der Waals surface area contributed by atoms with Gasteiger partial charge in [0, 0.05) is 6.20 Å². The highest BCUT2D eigenvalue weighted by Gasteiger charge is 2.38. The van der Waals surface area contributed by atoms with Crippen LogP contribution in [0.3, 0.4) is 0 Å². The topological polar surface area (TPSA) is 145 Å². The first-order valence-corrected chi connectivity index (χ1v) is 8.78. The van der Waals surface area contributed by atoms with Gasteiger partial charge >= 0.3 is 12.2 Å². The van der Waals surface area contributed by atoms with E-state index in [1.807, 2.05) is 0 Å². The van der Waals surface area contributed by atoms with Gasteiger partial charge in [-0.25, -0.2) is 15.0 Å². The fourth-order valence-corrected chi connectivity index (χ4v) is 3.23. The third-order valence-corrected chi connectivity index (χ3v) is 4.84. The molecule has 0 radical (unpaired) electrons. The van der Waals surface area contributed by atoms with Crippen LogP contribution in [0.15, 0.2) is 17.6 Å². The number of H-pyrrole nitrogens is 1. The van der Waals surface area contributed by atoms with Crippen LogP contribution in [0.4, 0.5) is 24.9 Å². The number of carbonyl (C=O) groups is 1. The molecule has 29 heavy (non-hydrogen) atoms. The number of nitrogens with two attached hydrogens (primary N) is 1. The number of aromatic nitrogens is 6. The summed E-state index contributed by atoms with van der Waals surface area (Å²) < 4.78 is 43.2. The molecular weight excluding hydrogens is 413 g/mol. The molecule has 154 valence electrons. The van der Waals surface area contributed by atoms with E-state index < -0.39 is 28.2 Å². The molecule has 3 heterocycles. The summed E-state index contributed by atoms with van der Waals surface area (Å²) in [5, 5.41) is 2.52. The number of fused-ring (bicyclic) bond motifs is 1. The van der Waals surface area contributed by atoms with Gasteiger partial charge in [0.15, 0.2) is 11.5 Å². The number of methoxy groups -OCH3 is 1. The molecule has 0 fully saturated rings. The zero-order chi connectivity index (χ0) is 21.4. The minimum absolute atomic E-state index is 0.0526. The van der Waals surface area contributed by atoms with E-state index in [9.17, 15) is 18.0 Å². The van der Waals surface area contributed by atoms with Gasteiger partial charge < -0.3 is 20.8 Å². The predicted molar refractivity (Wildman–Crippen MR) is 98.2 cm³/mol. The van der Waals surface area contributed by atoms with Crippen molar-refractivity contribution in [2.24, 2.45) is 0 Å². The number of thioether (sulfide) groups is 1. The van der Waals surface area contributed by atoms with E-state index in [0.29, 0.717) is 22.4 Å². The van der Waals surface area contributed by atoms with E-state index in [1.54, 1.807) is 0 Å². The van der Waals surface area contributed by atoms with Crippen molar-refractivity contribution in [2.75, 3.05) is 18.2 Å². The van der Waals surface area contributed by atoms with Crippen molar-refractivity contribution in [2.45, 2.75) is 29.8 Å². The number of hydrogen-bond acceptors (Lipinski definition) is 9. The van der Waals surface area contributed by atoms with Crippen molar-refractivity contribution in [3.05, 3.63) is 18.1 Å². The van der Waals surface area contributed by atoms with Crippen molar-refractivity contribution >= 4 is 40.6 Å². The summed E-state index contributed by atoms with van der Waals surface area (Å²) in [5.74, 6) is -1.52. The molecule has 0 unspecified atom stereocenters. The first-order valence-electron chi connectivity index (χ1n) is 7.96. The second-order valence-electron chi connectivity index (χ2n) is 6.17. The van der Waals surface area contributed by atoms with Crippen LogP contribution < -0.4 is 15.8 Å². The van der Waals surface area contributed by atoms with Crippen LogP contribution >= 0.6 is 11.8 Å². The first kappa shape index (κ1) is 20.6. The highest BCUT2D eigenvalue weighted by atomic mass is 32.2. The molecule has 1 amide bonds. The van der Waals surface area contributed by atoms with Gasteiger partial charge in [-0.05, 0) is 13.8 Å². The number of rotatable bonds is 5. The number of nitrogen functional groups attached to an aromatic ring is 1. The molecule has 0 aliphatic heterocycles. The lowest BCUT2D eigenvalue weighted by Crippen LogP contribution is -2.35. The summed E-state index contributed by atoms with van der Waals surface area (Å²) in [5.41, 5.74) is 5.21. The number of nitrogens with zero attached hydrogens (tertiary/aromatic N) is 5. The summed E-state index contributed by atoms with van der Waals surface area (Å²) in [6.45, 7) is 3.03. The number of anilines is 2. The molecule has 0 aliphatic rings. The molecule has 0 aliphatic carbocycles. The molecule has 0 bridgehead atoms. The van der Waals surface area contributed by atoms with Crippen LogP contribution in [0.25, 0.3) is 11.2 Å². The maximum Gasteiger partial charge on any atom is 0.421 e. The molecule has 3 rings (SSSR count). The SMILES string of the molecule is COc1ncc(C(F)(F)F)c(NC(=O)C(C)(C)Sc2nc(N)nc3nc[nH]c23)n1. The largest absolute Gasteiger partial charge is 0.467 e. The number of ether oxygens (including phenoxy) is 1. The number of halogens is 3. The Morgan fingerprint density at radius 3 is 2.62 bits per heavy atom. The van der Waals surface area contributed by atoms with Crippen LogP contribution in [0.5, 0.6) is 6.01 Å². The lowest BCUT2D eigenvalue weighted by Gasteiger charge is -2.23. The summed E-state index contributed by atoms with van der Waals surface area (Å²) in [6.07, 6.45) is -2.84. The molecule has 0 saturated heterocycles. The monoisotopic (exact) mass is 428 g/mol. The average molecular weight is 428 g/mol. The van der Waals surface area contributed by atoms with E-state index in [-0.39, 0.29) is 12.0 Å². The Hall–Kier alpha value is -3.16. The van der Waals surface area contributed by atoms with Crippen LogP contribution in [-0.2, 0) is 11.0 Å². The fourth-order valence-electron chi connectivity index (χ4n) is 2.21. The lowest BCUT2D eigenvalue weighted by molar-refractivity contribution is -0.137. The number of hydrogen-bond donors (Lipinski definition) is 3. The zero-order valence-corrected chi connectivity index (χ0v) is 16.1. The minimum atomic E-state index is -4.77. The van der Waals surface area contributed by atoms with E-state index in [2.05, 4.69) is 35.2 Å². The molecule has 3 aromatic heterocycles. The molecule has 0 aromatic carbocycles. The molecule has 0 saturated carbocycles. The third kappa shape index (κ3) is 4.31. The Labute approximate surface area is 165 Å². The standard InChI is InChI=1S/C15H15F3N8O2S/c1-14(2,29-10-7-9(22-5-21-7)24-12(19)26-10)11(27)23-8-6(15(16,17)18)4-20-13(25-8)28-3/h4-5H,1-3H3,(H,20,23,25,27)(H3,19,21,22,24,26). The Balaban J connectivity index is 1.91. The number of carbonyl (C=O) groups excluding carboxylic acids is 1. The summed E-state index contributed by atoms with van der Waals surface area (Å²) in [4.78, 5) is 34.7. The van der Waals surface area contributed by atoms with Crippen molar-refractivity contribution in [1.82, 2.24) is 29.9 Å². The Morgan fingerprint density at radius 2 is 1.97 bits per heavy atom. The highest BCUT2D eigenvalue weighted by Crippen LogP contribution is 2.38. The van der Waals surface area contributed by atoms with Crippen molar-refractivity contribution in [3.63, 3.8) is 0 Å². The molecule has 3 aromatic rings. The molecular formula is C15H15F3N8O2S. The normalized spacial score (nSPS) is 12.2.